The number of aryl methyl sites for hydroxylation is 1. The minimum absolute atomic E-state index is 0.913. The number of benzene rings is 3. The van der Waals surface area contributed by atoms with Crippen molar-refractivity contribution in [1.29, 1.82) is 0 Å². The molecule has 0 bridgehead atoms. The van der Waals surface area contributed by atoms with Crippen LogP contribution < -0.4 is 0 Å². The first-order valence-electron chi connectivity index (χ1n) is 13.3. The van der Waals surface area contributed by atoms with Crippen molar-refractivity contribution in [2.75, 3.05) is 0 Å². The Labute approximate surface area is 233 Å². The van der Waals surface area contributed by atoms with E-state index in [4.69, 9.17) is 15.0 Å². The van der Waals surface area contributed by atoms with Crippen molar-refractivity contribution in [3.8, 4) is 21.1 Å². The Morgan fingerprint density at radius 2 is 1.41 bits per heavy atom. The smallest absolute Gasteiger partial charge is 0.151 e. The molecule has 0 fully saturated rings. The molecule has 188 valence electrons. The highest BCUT2D eigenvalue weighted by molar-refractivity contribution is 7.27. The fraction of sp³-hybridized carbons (Fsp3) is 0.121. The zero-order valence-electron chi connectivity index (χ0n) is 21.4. The Kier molecular flexibility index (Phi) is 5.25. The molecule has 0 spiro atoms. The van der Waals surface area contributed by atoms with E-state index in [9.17, 15) is 0 Å². The van der Waals surface area contributed by atoms with Crippen LogP contribution in [0.15, 0.2) is 91.3 Å². The van der Waals surface area contributed by atoms with Gasteiger partial charge in [0.25, 0.3) is 0 Å². The fourth-order valence-electron chi connectivity index (χ4n) is 5.75. The van der Waals surface area contributed by atoms with Crippen LogP contribution in [-0.4, -0.2) is 19.5 Å². The van der Waals surface area contributed by atoms with Crippen LogP contribution in [0.25, 0.3) is 74.2 Å². The minimum Gasteiger partial charge on any atom is -0.323 e. The monoisotopic (exact) mass is 540 g/mol. The summed E-state index contributed by atoms with van der Waals surface area (Å²) in [6, 6.07) is 28.2. The van der Waals surface area contributed by atoms with Crippen molar-refractivity contribution in [1.82, 2.24) is 19.5 Å². The lowest BCUT2D eigenvalue weighted by molar-refractivity contribution is 0.652. The van der Waals surface area contributed by atoms with E-state index in [1.54, 1.807) is 0 Å². The van der Waals surface area contributed by atoms with Gasteiger partial charge >= 0.3 is 0 Å². The van der Waals surface area contributed by atoms with Crippen LogP contribution in [0.4, 0.5) is 0 Å². The summed E-state index contributed by atoms with van der Waals surface area (Å²) in [6.07, 6.45) is 5.91. The largest absolute Gasteiger partial charge is 0.323 e. The molecule has 0 saturated heterocycles. The molecule has 8 rings (SSSR count). The number of nitrogens with zero attached hydrogens (tertiary/aromatic N) is 4. The summed E-state index contributed by atoms with van der Waals surface area (Å²) < 4.78 is 5.10. The number of rotatable bonds is 5. The minimum atomic E-state index is 0.913. The first-order chi connectivity index (χ1) is 19.3. The molecule has 0 aliphatic heterocycles. The molecular formula is C33H24N4S2. The Balaban J connectivity index is 1.37. The van der Waals surface area contributed by atoms with Gasteiger partial charge in [-0.2, -0.15) is 0 Å². The standard InChI is InChI=1S/C33H24N4S2/c1-2-3-19-37-31-24-13-8-18-35-29(24)28-23(12-7-17-34-28)30(31)36-33(37)27-16-15-26(38-27)22-11-6-10-21-20-9-4-5-14-25(20)39-32(21)22/h4-18H,2-3,19H2,1H3. The molecule has 4 nitrogen and oxygen atoms in total. The van der Waals surface area contributed by atoms with E-state index in [0.29, 0.717) is 0 Å². The normalized spacial score (nSPS) is 12.0. The van der Waals surface area contributed by atoms with Gasteiger partial charge in [0, 0.05) is 60.3 Å². The number of hydrogen-bond acceptors (Lipinski definition) is 5. The molecule has 0 atom stereocenters. The third kappa shape index (κ3) is 3.45. The Morgan fingerprint density at radius 3 is 2.28 bits per heavy atom. The van der Waals surface area contributed by atoms with E-state index in [-0.39, 0.29) is 0 Å². The van der Waals surface area contributed by atoms with Crippen molar-refractivity contribution < 1.29 is 0 Å². The van der Waals surface area contributed by atoms with E-state index < -0.39 is 0 Å². The van der Waals surface area contributed by atoms with Crippen molar-refractivity contribution in [2.24, 2.45) is 0 Å². The zero-order valence-corrected chi connectivity index (χ0v) is 23.0. The van der Waals surface area contributed by atoms with Crippen LogP contribution in [0.2, 0.25) is 0 Å². The molecule has 0 unspecified atom stereocenters. The number of fused-ring (bicyclic) bond motifs is 9. The van der Waals surface area contributed by atoms with Crippen LogP contribution in [0.1, 0.15) is 19.8 Å². The maximum Gasteiger partial charge on any atom is 0.151 e. The summed E-state index contributed by atoms with van der Waals surface area (Å²) in [6.45, 7) is 3.16. The Bertz CT molecular complexity index is 2180. The first-order valence-corrected chi connectivity index (χ1v) is 15.0. The van der Waals surface area contributed by atoms with E-state index in [1.165, 1.54) is 35.5 Å². The highest BCUT2D eigenvalue weighted by Crippen LogP contribution is 2.44. The molecule has 5 heterocycles. The predicted molar refractivity (Wildman–Crippen MR) is 167 cm³/mol. The van der Waals surface area contributed by atoms with Crippen LogP contribution in [0.3, 0.4) is 0 Å². The fourth-order valence-corrected chi connectivity index (χ4v) is 8.08. The van der Waals surface area contributed by atoms with Gasteiger partial charge in [0.1, 0.15) is 0 Å². The molecule has 6 heteroatoms. The molecule has 0 N–H and O–H groups in total. The van der Waals surface area contributed by atoms with Gasteiger partial charge in [0.15, 0.2) is 5.82 Å². The number of hydrogen-bond donors (Lipinski definition) is 0. The molecule has 39 heavy (non-hydrogen) atoms. The summed E-state index contributed by atoms with van der Waals surface area (Å²) in [7, 11) is 0. The molecule has 3 aromatic carbocycles. The summed E-state index contributed by atoms with van der Waals surface area (Å²) in [5.74, 6) is 1.03. The van der Waals surface area contributed by atoms with Gasteiger partial charge in [-0.15, -0.1) is 22.7 Å². The van der Waals surface area contributed by atoms with Gasteiger partial charge in [0.2, 0.25) is 0 Å². The Hall–Kier alpha value is -4.13. The highest BCUT2D eigenvalue weighted by Gasteiger charge is 2.21. The number of imidazole rings is 1. The first kappa shape index (κ1) is 22.8. The third-order valence-corrected chi connectivity index (χ3v) is 9.88. The average molecular weight is 541 g/mol. The average Bonchev–Trinajstić information content (AvgIpc) is 3.72. The predicted octanol–water partition coefficient (Wildman–Crippen LogP) is 9.70. The maximum atomic E-state index is 5.33. The molecule has 0 saturated carbocycles. The lowest BCUT2D eigenvalue weighted by Crippen LogP contribution is -2.00. The van der Waals surface area contributed by atoms with Gasteiger partial charge in [0.05, 0.1) is 26.9 Å². The molecule has 0 radical (unpaired) electrons. The van der Waals surface area contributed by atoms with E-state index >= 15 is 0 Å². The van der Waals surface area contributed by atoms with Crippen LogP contribution in [-0.2, 0) is 6.54 Å². The number of thiophene rings is 2. The van der Waals surface area contributed by atoms with E-state index in [1.807, 2.05) is 47.2 Å². The van der Waals surface area contributed by atoms with Crippen molar-refractivity contribution in [3.63, 3.8) is 0 Å². The second kappa shape index (κ2) is 8.97. The highest BCUT2D eigenvalue weighted by atomic mass is 32.1. The van der Waals surface area contributed by atoms with Gasteiger partial charge in [-0.25, -0.2) is 4.98 Å². The number of aromatic nitrogens is 4. The van der Waals surface area contributed by atoms with Gasteiger partial charge in [-0.1, -0.05) is 49.7 Å². The van der Waals surface area contributed by atoms with Gasteiger partial charge < -0.3 is 4.57 Å². The number of unbranched alkanes of at least 4 members (excludes halogenated alkanes) is 1. The molecule has 0 aliphatic rings. The summed E-state index contributed by atoms with van der Waals surface area (Å²) in [5, 5.41) is 4.83. The van der Waals surface area contributed by atoms with E-state index in [2.05, 4.69) is 78.2 Å². The quantitative estimate of drug-likeness (QED) is 0.204. The maximum absolute atomic E-state index is 5.33. The van der Waals surface area contributed by atoms with Crippen molar-refractivity contribution in [3.05, 3.63) is 91.3 Å². The third-order valence-electron chi connectivity index (χ3n) is 7.55. The van der Waals surface area contributed by atoms with Crippen LogP contribution in [0, 0.1) is 0 Å². The lowest BCUT2D eigenvalue weighted by Gasteiger charge is -2.10. The lowest BCUT2D eigenvalue weighted by atomic mass is 10.1. The van der Waals surface area contributed by atoms with Crippen molar-refractivity contribution >= 4 is 75.7 Å². The van der Waals surface area contributed by atoms with E-state index in [0.717, 1.165) is 58.1 Å². The van der Waals surface area contributed by atoms with Crippen LogP contribution >= 0.6 is 22.7 Å². The van der Waals surface area contributed by atoms with Gasteiger partial charge in [-0.3, -0.25) is 9.97 Å². The molecule has 8 aromatic rings. The molecule has 0 amide bonds. The molecule has 5 aromatic heterocycles. The summed E-state index contributed by atoms with van der Waals surface area (Å²) in [4.78, 5) is 17.3. The second-order valence-electron chi connectivity index (χ2n) is 9.88. The summed E-state index contributed by atoms with van der Waals surface area (Å²) >= 11 is 3.71. The summed E-state index contributed by atoms with van der Waals surface area (Å²) in [5.41, 5.74) is 5.31. The Morgan fingerprint density at radius 1 is 0.667 bits per heavy atom. The van der Waals surface area contributed by atoms with Crippen LogP contribution in [0.5, 0.6) is 0 Å². The molecule has 0 aliphatic carbocycles. The second-order valence-corrected chi connectivity index (χ2v) is 12.0. The molecular weight excluding hydrogens is 517 g/mol. The topological polar surface area (TPSA) is 43.6 Å². The van der Waals surface area contributed by atoms with Gasteiger partial charge in [-0.05, 0) is 48.9 Å². The SMILES string of the molecule is CCCCn1c(-c2ccc(-c3cccc4c3sc3ccccc34)s2)nc2c3cccnc3c3ncccc3c21. The number of pyridine rings is 2. The zero-order chi connectivity index (χ0) is 25.9. The van der Waals surface area contributed by atoms with Crippen molar-refractivity contribution in [2.45, 2.75) is 26.3 Å².